The molecule has 0 amide bonds. The van der Waals surface area contributed by atoms with Gasteiger partial charge in [0.25, 0.3) is 0 Å². The minimum atomic E-state index is 0. The minimum absolute atomic E-state index is 0. The first-order valence-corrected chi connectivity index (χ1v) is 11.6. The lowest BCUT2D eigenvalue weighted by Crippen LogP contribution is -2.15. The smallest absolute Gasteiger partial charge is 0.0578 e. The van der Waals surface area contributed by atoms with Gasteiger partial charge in [-0.05, 0) is 64.7 Å². The van der Waals surface area contributed by atoms with Gasteiger partial charge in [-0.25, -0.2) is 0 Å². The molecule has 0 N–H and O–H groups in total. The SMILES string of the molecule is C.C1=Cc2c(c(N(c3ccccc3)c3ccccc3)c3ccccc3c2-c2ccccc2)CC1. The van der Waals surface area contributed by atoms with Gasteiger partial charge in [0, 0.05) is 16.8 Å². The molecule has 0 radical (unpaired) electrons. The van der Waals surface area contributed by atoms with E-state index < -0.39 is 0 Å². The average Bonchev–Trinajstić information content (AvgIpc) is 2.90. The number of hydrogen-bond acceptors (Lipinski definition) is 1. The lowest BCUT2D eigenvalue weighted by molar-refractivity contribution is 0.983. The van der Waals surface area contributed by atoms with Crippen molar-refractivity contribution in [3.05, 3.63) is 132 Å². The maximum Gasteiger partial charge on any atom is 0.0578 e. The van der Waals surface area contributed by atoms with E-state index in [4.69, 9.17) is 0 Å². The number of para-hydroxylation sites is 2. The summed E-state index contributed by atoms with van der Waals surface area (Å²) in [5.74, 6) is 0. The minimum Gasteiger partial charge on any atom is -0.310 e. The largest absolute Gasteiger partial charge is 0.310 e. The summed E-state index contributed by atoms with van der Waals surface area (Å²) in [6, 6.07) is 41.2. The van der Waals surface area contributed by atoms with Gasteiger partial charge in [-0.15, -0.1) is 0 Å². The fraction of sp³-hybridized carbons (Fsp3) is 0.0909. The van der Waals surface area contributed by atoms with Gasteiger partial charge in [-0.1, -0.05) is 111 Å². The first-order chi connectivity index (χ1) is 16.4. The molecule has 166 valence electrons. The van der Waals surface area contributed by atoms with Crippen LogP contribution < -0.4 is 4.90 Å². The van der Waals surface area contributed by atoms with Gasteiger partial charge in [0.2, 0.25) is 0 Å². The second-order valence-electron chi connectivity index (χ2n) is 8.47. The van der Waals surface area contributed by atoms with Crippen molar-refractivity contribution in [3.8, 4) is 11.1 Å². The van der Waals surface area contributed by atoms with Crippen LogP contribution in [-0.4, -0.2) is 0 Å². The zero-order valence-corrected chi connectivity index (χ0v) is 18.5. The van der Waals surface area contributed by atoms with Gasteiger partial charge in [0.05, 0.1) is 5.69 Å². The predicted molar refractivity (Wildman–Crippen MR) is 148 cm³/mol. The van der Waals surface area contributed by atoms with Crippen molar-refractivity contribution in [1.82, 2.24) is 0 Å². The molecule has 6 rings (SSSR count). The van der Waals surface area contributed by atoms with E-state index in [0.29, 0.717) is 0 Å². The normalized spacial score (nSPS) is 12.1. The van der Waals surface area contributed by atoms with Crippen LogP contribution in [0.2, 0.25) is 0 Å². The number of anilines is 3. The van der Waals surface area contributed by atoms with Crippen molar-refractivity contribution in [2.75, 3.05) is 4.90 Å². The summed E-state index contributed by atoms with van der Waals surface area (Å²) in [6.07, 6.45) is 6.75. The molecule has 0 fully saturated rings. The van der Waals surface area contributed by atoms with Crippen LogP contribution >= 0.6 is 0 Å². The van der Waals surface area contributed by atoms with Crippen molar-refractivity contribution in [3.63, 3.8) is 0 Å². The molecular formula is C33H29N. The highest BCUT2D eigenvalue weighted by Crippen LogP contribution is 2.48. The predicted octanol–water partition coefficient (Wildman–Crippen LogP) is 9.57. The third kappa shape index (κ3) is 3.70. The number of nitrogens with zero attached hydrogens (tertiary/aromatic N) is 1. The van der Waals surface area contributed by atoms with E-state index in [-0.39, 0.29) is 7.43 Å². The van der Waals surface area contributed by atoms with E-state index in [9.17, 15) is 0 Å². The van der Waals surface area contributed by atoms with Crippen LogP contribution in [0.25, 0.3) is 28.0 Å². The van der Waals surface area contributed by atoms with Crippen LogP contribution in [0.1, 0.15) is 25.0 Å². The Hall–Kier alpha value is -4.10. The first kappa shape index (κ1) is 21.7. The molecule has 0 aliphatic heterocycles. The lowest BCUT2D eigenvalue weighted by atomic mass is 9.83. The third-order valence-electron chi connectivity index (χ3n) is 6.49. The maximum absolute atomic E-state index is 2.44. The topological polar surface area (TPSA) is 3.24 Å². The molecule has 0 atom stereocenters. The first-order valence-electron chi connectivity index (χ1n) is 11.6. The van der Waals surface area contributed by atoms with Gasteiger partial charge in [-0.2, -0.15) is 0 Å². The molecule has 0 heterocycles. The molecule has 0 spiro atoms. The van der Waals surface area contributed by atoms with Gasteiger partial charge >= 0.3 is 0 Å². The summed E-state index contributed by atoms with van der Waals surface area (Å²) in [4.78, 5) is 2.44. The van der Waals surface area contributed by atoms with Gasteiger partial charge in [-0.3, -0.25) is 0 Å². The zero-order chi connectivity index (χ0) is 22.0. The van der Waals surface area contributed by atoms with Gasteiger partial charge < -0.3 is 4.90 Å². The van der Waals surface area contributed by atoms with Crippen LogP contribution in [0.15, 0.2) is 121 Å². The Balaban J connectivity index is 0.00000241. The van der Waals surface area contributed by atoms with Crippen molar-refractivity contribution in [2.24, 2.45) is 0 Å². The Morgan fingerprint density at radius 3 is 1.71 bits per heavy atom. The number of fused-ring (bicyclic) bond motifs is 2. The monoisotopic (exact) mass is 439 g/mol. The molecule has 34 heavy (non-hydrogen) atoms. The molecule has 1 nitrogen and oxygen atoms in total. The van der Waals surface area contributed by atoms with E-state index in [0.717, 1.165) is 12.8 Å². The van der Waals surface area contributed by atoms with Gasteiger partial charge in [0.15, 0.2) is 0 Å². The zero-order valence-electron chi connectivity index (χ0n) is 18.5. The van der Waals surface area contributed by atoms with E-state index in [2.05, 4.69) is 132 Å². The van der Waals surface area contributed by atoms with E-state index >= 15 is 0 Å². The molecule has 5 aromatic carbocycles. The Bertz CT molecular complexity index is 1390. The molecular weight excluding hydrogens is 410 g/mol. The molecule has 1 aliphatic carbocycles. The molecule has 1 heteroatoms. The van der Waals surface area contributed by atoms with Crippen LogP contribution in [-0.2, 0) is 6.42 Å². The van der Waals surface area contributed by atoms with Gasteiger partial charge in [0.1, 0.15) is 0 Å². The molecule has 0 saturated heterocycles. The second-order valence-corrected chi connectivity index (χ2v) is 8.47. The molecule has 1 aliphatic rings. The molecule has 0 unspecified atom stereocenters. The number of rotatable bonds is 4. The Labute approximate surface area is 202 Å². The maximum atomic E-state index is 2.44. The van der Waals surface area contributed by atoms with Crippen molar-refractivity contribution < 1.29 is 0 Å². The fourth-order valence-corrected chi connectivity index (χ4v) is 5.09. The summed E-state index contributed by atoms with van der Waals surface area (Å²) < 4.78 is 0. The highest BCUT2D eigenvalue weighted by molar-refractivity contribution is 6.11. The standard InChI is InChI=1S/C32H25N.CH4/c1-4-14-24(15-5-1)31-27-20-10-12-22-29(27)32(30-23-13-11-21-28(30)31)33(25-16-6-2-7-17-25)26-18-8-3-9-19-26;/h1-12,14-22H,13,23H2;1H4. The number of allylic oxidation sites excluding steroid dienone is 1. The summed E-state index contributed by atoms with van der Waals surface area (Å²) in [5, 5.41) is 2.58. The van der Waals surface area contributed by atoms with E-state index in [1.807, 2.05) is 0 Å². The van der Waals surface area contributed by atoms with E-state index in [1.165, 1.54) is 50.1 Å². The Morgan fingerprint density at radius 2 is 1.09 bits per heavy atom. The van der Waals surface area contributed by atoms with Crippen LogP contribution in [0.4, 0.5) is 17.1 Å². The molecule has 0 saturated carbocycles. The Morgan fingerprint density at radius 1 is 0.559 bits per heavy atom. The summed E-state index contributed by atoms with van der Waals surface area (Å²) in [7, 11) is 0. The number of benzene rings is 5. The average molecular weight is 440 g/mol. The lowest BCUT2D eigenvalue weighted by Gasteiger charge is -2.32. The molecule has 0 bridgehead atoms. The van der Waals surface area contributed by atoms with Crippen LogP contribution in [0.3, 0.4) is 0 Å². The molecule has 0 aromatic heterocycles. The van der Waals surface area contributed by atoms with Crippen molar-refractivity contribution in [1.29, 1.82) is 0 Å². The summed E-state index contributed by atoms with van der Waals surface area (Å²) in [6.45, 7) is 0. The highest BCUT2D eigenvalue weighted by Gasteiger charge is 2.25. The van der Waals surface area contributed by atoms with Crippen LogP contribution in [0, 0.1) is 0 Å². The number of hydrogen-bond donors (Lipinski definition) is 0. The highest BCUT2D eigenvalue weighted by atomic mass is 15.1. The van der Waals surface area contributed by atoms with Crippen LogP contribution in [0.5, 0.6) is 0 Å². The quantitative estimate of drug-likeness (QED) is 0.269. The third-order valence-corrected chi connectivity index (χ3v) is 6.49. The second kappa shape index (κ2) is 9.41. The molecule has 5 aromatic rings. The summed E-state index contributed by atoms with van der Waals surface area (Å²) >= 11 is 0. The fourth-order valence-electron chi connectivity index (χ4n) is 5.09. The van der Waals surface area contributed by atoms with E-state index in [1.54, 1.807) is 0 Å². The Kier molecular flexibility index (Phi) is 6.01. The van der Waals surface area contributed by atoms with Crippen molar-refractivity contribution >= 4 is 33.9 Å². The summed E-state index contributed by atoms with van der Waals surface area (Å²) in [5.41, 5.74) is 9.02. The van der Waals surface area contributed by atoms with Crippen molar-refractivity contribution in [2.45, 2.75) is 20.3 Å².